The first-order valence-electron chi connectivity index (χ1n) is 11.0. The van der Waals surface area contributed by atoms with E-state index in [4.69, 9.17) is 21.6 Å². The second-order valence-electron chi connectivity index (χ2n) is 8.34. The number of ketones is 1. The maximum Gasteiger partial charge on any atom is 0.227 e. The summed E-state index contributed by atoms with van der Waals surface area (Å²) in [5.74, 6) is 1.60. The number of hydrogen-bond acceptors (Lipinski definition) is 6. The summed E-state index contributed by atoms with van der Waals surface area (Å²) < 4.78 is 0. The van der Waals surface area contributed by atoms with Crippen LogP contribution >= 0.6 is 11.6 Å². The van der Waals surface area contributed by atoms with Crippen molar-refractivity contribution in [3.8, 4) is 0 Å². The molecule has 164 valence electrons. The van der Waals surface area contributed by atoms with Crippen LogP contribution in [-0.4, -0.2) is 49.0 Å². The van der Waals surface area contributed by atoms with Crippen LogP contribution < -0.4 is 15.1 Å². The molecule has 3 aromatic rings. The molecule has 1 saturated heterocycles. The Balaban J connectivity index is 1.39. The number of benzene rings is 2. The van der Waals surface area contributed by atoms with Gasteiger partial charge in [-0.3, -0.25) is 4.79 Å². The normalized spacial score (nSPS) is 18.4. The van der Waals surface area contributed by atoms with Gasteiger partial charge in [-0.25, -0.2) is 4.98 Å². The summed E-state index contributed by atoms with van der Waals surface area (Å²) in [4.78, 5) is 27.2. The van der Waals surface area contributed by atoms with Gasteiger partial charge in [-0.1, -0.05) is 48.0 Å². The fourth-order valence-electron chi connectivity index (χ4n) is 4.69. The molecule has 1 atom stereocenters. The molecule has 0 bridgehead atoms. The topological polar surface area (TPSA) is 61.4 Å². The number of fused-ring (bicyclic) bond motifs is 1. The zero-order chi connectivity index (χ0) is 22.1. The number of nitrogens with zero attached hydrogens (tertiary/aromatic N) is 4. The third-order valence-electron chi connectivity index (χ3n) is 6.37. The minimum Gasteiger partial charge on any atom is -0.372 e. The molecule has 6 nitrogen and oxygen atoms in total. The average molecular weight is 448 g/mol. The van der Waals surface area contributed by atoms with Gasteiger partial charge in [0.2, 0.25) is 5.95 Å². The molecule has 1 aliphatic heterocycles. The number of rotatable bonds is 4. The highest BCUT2D eigenvalue weighted by atomic mass is 35.5. The lowest BCUT2D eigenvalue weighted by Crippen LogP contribution is -2.47. The van der Waals surface area contributed by atoms with Crippen molar-refractivity contribution in [1.82, 2.24) is 9.97 Å². The molecule has 2 aromatic carbocycles. The zero-order valence-electron chi connectivity index (χ0n) is 18.1. The van der Waals surface area contributed by atoms with E-state index in [0.717, 1.165) is 49.0 Å². The van der Waals surface area contributed by atoms with Crippen LogP contribution in [-0.2, 0) is 6.42 Å². The lowest BCUT2D eigenvalue weighted by molar-refractivity contribution is 0.0963. The number of aromatic nitrogens is 2. The second kappa shape index (κ2) is 8.79. The fourth-order valence-corrected chi connectivity index (χ4v) is 4.87. The van der Waals surface area contributed by atoms with E-state index in [-0.39, 0.29) is 11.7 Å². The maximum atomic E-state index is 13.0. The number of Topliss-reactive ketones (excluding diaryl/α,β-unsaturated/α-hetero) is 1. The van der Waals surface area contributed by atoms with Crippen molar-refractivity contribution in [1.29, 1.82) is 0 Å². The molecule has 32 heavy (non-hydrogen) atoms. The lowest BCUT2D eigenvalue weighted by Gasteiger charge is -2.36. The Kier molecular flexibility index (Phi) is 5.70. The number of piperazine rings is 1. The van der Waals surface area contributed by atoms with E-state index in [1.807, 2.05) is 43.4 Å². The molecule has 2 aliphatic rings. The molecule has 5 rings (SSSR count). The monoisotopic (exact) mass is 447 g/mol. The first-order chi connectivity index (χ1) is 15.6. The maximum absolute atomic E-state index is 13.0. The van der Waals surface area contributed by atoms with Crippen LogP contribution in [0.15, 0.2) is 54.6 Å². The van der Waals surface area contributed by atoms with Crippen LogP contribution in [0.4, 0.5) is 17.5 Å². The summed E-state index contributed by atoms with van der Waals surface area (Å²) in [6.07, 6.45) is 1.24. The van der Waals surface area contributed by atoms with Crippen molar-refractivity contribution in [3.63, 3.8) is 0 Å². The Labute approximate surface area is 193 Å². The van der Waals surface area contributed by atoms with E-state index in [2.05, 4.69) is 33.3 Å². The highest BCUT2D eigenvalue weighted by Crippen LogP contribution is 2.35. The Morgan fingerprint density at radius 1 is 0.938 bits per heavy atom. The SMILES string of the molecule is CNc1nc(N2CCN(c3cccc(Cl)c3)CC2)nc2c1C(=O)C[C@@H](c1ccccc1)C2. The molecule has 0 unspecified atom stereocenters. The van der Waals surface area contributed by atoms with Gasteiger partial charge < -0.3 is 15.1 Å². The van der Waals surface area contributed by atoms with Gasteiger partial charge in [0.1, 0.15) is 5.82 Å². The number of halogens is 1. The minimum atomic E-state index is 0.113. The highest BCUT2D eigenvalue weighted by Gasteiger charge is 2.32. The summed E-state index contributed by atoms with van der Waals surface area (Å²) in [7, 11) is 1.82. The first kappa shape index (κ1) is 20.8. The van der Waals surface area contributed by atoms with Crippen LogP contribution in [0.2, 0.25) is 5.02 Å². The number of carbonyl (C=O) groups is 1. The Morgan fingerprint density at radius 2 is 1.69 bits per heavy atom. The molecule has 2 heterocycles. The molecule has 0 amide bonds. The molecule has 0 radical (unpaired) electrons. The van der Waals surface area contributed by atoms with Crippen molar-refractivity contribution >= 4 is 34.8 Å². The Hall–Kier alpha value is -3.12. The van der Waals surface area contributed by atoms with E-state index >= 15 is 0 Å². The van der Waals surface area contributed by atoms with E-state index in [1.165, 1.54) is 5.56 Å². The molecular formula is C25H26ClN5O. The minimum absolute atomic E-state index is 0.113. The van der Waals surface area contributed by atoms with Crippen LogP contribution in [0.1, 0.15) is 34.0 Å². The van der Waals surface area contributed by atoms with Gasteiger partial charge in [0.05, 0.1) is 11.3 Å². The molecule has 1 N–H and O–H groups in total. The summed E-state index contributed by atoms with van der Waals surface area (Å²) in [5, 5.41) is 3.89. The number of nitrogens with one attached hydrogen (secondary N) is 1. The Morgan fingerprint density at radius 3 is 2.41 bits per heavy atom. The molecule has 0 spiro atoms. The number of hydrogen-bond donors (Lipinski definition) is 1. The summed E-state index contributed by atoms with van der Waals surface area (Å²) in [6, 6.07) is 18.2. The average Bonchev–Trinajstić information content (AvgIpc) is 2.84. The van der Waals surface area contributed by atoms with Crippen LogP contribution in [0.25, 0.3) is 0 Å². The van der Waals surface area contributed by atoms with Gasteiger partial charge in [-0.05, 0) is 36.1 Å². The van der Waals surface area contributed by atoms with Gasteiger partial charge in [0.25, 0.3) is 0 Å². The van der Waals surface area contributed by atoms with Gasteiger partial charge in [0.15, 0.2) is 5.78 Å². The van der Waals surface area contributed by atoms with Crippen LogP contribution in [0.5, 0.6) is 0 Å². The predicted molar refractivity (Wildman–Crippen MR) is 129 cm³/mol. The first-order valence-corrected chi connectivity index (χ1v) is 11.4. The van der Waals surface area contributed by atoms with Crippen molar-refractivity contribution in [2.75, 3.05) is 48.3 Å². The quantitative estimate of drug-likeness (QED) is 0.639. The summed E-state index contributed by atoms with van der Waals surface area (Å²) in [5.41, 5.74) is 3.83. The summed E-state index contributed by atoms with van der Waals surface area (Å²) >= 11 is 6.17. The van der Waals surface area contributed by atoms with Crippen molar-refractivity contribution in [2.45, 2.75) is 18.8 Å². The second-order valence-corrected chi connectivity index (χ2v) is 8.77. The smallest absolute Gasteiger partial charge is 0.227 e. The fraction of sp³-hybridized carbons (Fsp3) is 0.320. The van der Waals surface area contributed by atoms with E-state index in [1.54, 1.807) is 0 Å². The van der Waals surface area contributed by atoms with Crippen molar-refractivity contribution < 1.29 is 4.79 Å². The van der Waals surface area contributed by atoms with Gasteiger partial charge in [-0.15, -0.1) is 0 Å². The summed E-state index contributed by atoms with van der Waals surface area (Å²) in [6.45, 7) is 3.34. The van der Waals surface area contributed by atoms with Gasteiger partial charge >= 0.3 is 0 Å². The number of carbonyl (C=O) groups excluding carboxylic acids is 1. The third kappa shape index (κ3) is 4.02. The standard InChI is InChI=1S/C25H26ClN5O/c1-27-24-23-21(14-18(15-22(23)32)17-6-3-2-4-7-17)28-25(29-24)31-12-10-30(11-13-31)20-9-5-8-19(26)16-20/h2-9,16,18H,10-15H2,1H3,(H,27,28,29)/t18-/m0/s1. The molecule has 1 fully saturated rings. The van der Waals surface area contributed by atoms with Crippen molar-refractivity contribution in [2.24, 2.45) is 0 Å². The number of anilines is 3. The molecular weight excluding hydrogens is 422 g/mol. The highest BCUT2D eigenvalue weighted by molar-refractivity contribution is 6.30. The largest absolute Gasteiger partial charge is 0.372 e. The van der Waals surface area contributed by atoms with E-state index in [9.17, 15) is 4.79 Å². The van der Waals surface area contributed by atoms with Gasteiger partial charge in [-0.2, -0.15) is 4.98 Å². The van der Waals surface area contributed by atoms with E-state index in [0.29, 0.717) is 23.8 Å². The van der Waals surface area contributed by atoms with E-state index < -0.39 is 0 Å². The zero-order valence-corrected chi connectivity index (χ0v) is 18.8. The molecule has 1 aromatic heterocycles. The third-order valence-corrected chi connectivity index (χ3v) is 6.60. The van der Waals surface area contributed by atoms with Crippen molar-refractivity contribution in [3.05, 3.63) is 76.4 Å². The van der Waals surface area contributed by atoms with Gasteiger partial charge in [0, 0.05) is 50.4 Å². The Bertz CT molecular complexity index is 1130. The lowest BCUT2D eigenvalue weighted by atomic mass is 9.82. The predicted octanol–water partition coefficient (Wildman–Crippen LogP) is 4.41. The molecule has 1 aliphatic carbocycles. The van der Waals surface area contributed by atoms with Crippen LogP contribution in [0, 0.1) is 0 Å². The molecule has 0 saturated carbocycles. The molecule has 7 heteroatoms. The van der Waals surface area contributed by atoms with Crippen LogP contribution in [0.3, 0.4) is 0 Å².